The second-order valence-corrected chi connectivity index (χ2v) is 8.36. The maximum atomic E-state index is 11.5. The molecule has 116 valence electrons. The van der Waals surface area contributed by atoms with E-state index in [1.165, 1.54) is 24.7 Å². The van der Waals surface area contributed by atoms with Gasteiger partial charge in [-0.1, -0.05) is 36.8 Å². The molecule has 2 atom stereocenters. The van der Waals surface area contributed by atoms with Crippen molar-refractivity contribution in [2.24, 2.45) is 11.8 Å². The first-order valence-corrected chi connectivity index (χ1v) is 9.59. The third-order valence-corrected chi connectivity index (χ3v) is 5.14. The fourth-order valence-electron chi connectivity index (χ4n) is 3.06. The van der Waals surface area contributed by atoms with Crippen molar-refractivity contribution in [3.63, 3.8) is 0 Å². The molecule has 0 aliphatic heterocycles. The smallest absolute Gasteiger partial charge is 0.151 e. The number of allylic oxidation sites excluding steroid dienone is 1. The third kappa shape index (κ3) is 4.60. The van der Waals surface area contributed by atoms with Crippen LogP contribution in [-0.4, -0.2) is 21.2 Å². The molecular formula is C17H25NO2S. The largest absolute Gasteiger partial charge is 0.384 e. The van der Waals surface area contributed by atoms with E-state index in [1.807, 2.05) is 24.3 Å². The summed E-state index contributed by atoms with van der Waals surface area (Å²) in [5.41, 5.74) is 3.24. The van der Waals surface area contributed by atoms with Crippen molar-refractivity contribution in [1.29, 1.82) is 0 Å². The van der Waals surface area contributed by atoms with E-state index in [4.69, 9.17) is 0 Å². The fourth-order valence-corrected chi connectivity index (χ4v) is 3.88. The molecular weight excluding hydrogens is 282 g/mol. The molecule has 21 heavy (non-hydrogen) atoms. The van der Waals surface area contributed by atoms with Crippen molar-refractivity contribution >= 4 is 15.5 Å². The maximum Gasteiger partial charge on any atom is 0.151 e. The van der Waals surface area contributed by atoms with E-state index in [2.05, 4.69) is 25.2 Å². The van der Waals surface area contributed by atoms with Gasteiger partial charge in [0.05, 0.1) is 5.75 Å². The van der Waals surface area contributed by atoms with E-state index < -0.39 is 9.84 Å². The minimum Gasteiger partial charge on any atom is -0.384 e. The first-order valence-electron chi connectivity index (χ1n) is 7.53. The molecule has 1 N–H and O–H groups in total. The Morgan fingerprint density at radius 3 is 2.67 bits per heavy atom. The summed E-state index contributed by atoms with van der Waals surface area (Å²) in [7, 11) is -3.02. The van der Waals surface area contributed by atoms with E-state index in [9.17, 15) is 8.42 Å². The van der Waals surface area contributed by atoms with Crippen LogP contribution in [0.3, 0.4) is 0 Å². The summed E-state index contributed by atoms with van der Waals surface area (Å²) in [6, 6.07) is 7.69. The number of rotatable bonds is 5. The van der Waals surface area contributed by atoms with Crippen molar-refractivity contribution in [2.75, 3.05) is 18.1 Å². The minimum atomic E-state index is -3.02. The predicted molar refractivity (Wildman–Crippen MR) is 89.1 cm³/mol. The molecule has 3 nitrogen and oxygen atoms in total. The molecule has 0 bridgehead atoms. The Bertz CT molecular complexity index is 619. The van der Waals surface area contributed by atoms with Crippen molar-refractivity contribution in [2.45, 2.75) is 32.4 Å². The van der Waals surface area contributed by atoms with Gasteiger partial charge < -0.3 is 5.32 Å². The Balaban J connectivity index is 2.10. The molecule has 0 aromatic heterocycles. The van der Waals surface area contributed by atoms with Crippen LogP contribution in [0.25, 0.3) is 0 Å². The van der Waals surface area contributed by atoms with Crippen molar-refractivity contribution in [3.8, 4) is 0 Å². The van der Waals surface area contributed by atoms with Crippen LogP contribution >= 0.6 is 0 Å². The highest BCUT2D eigenvalue weighted by molar-refractivity contribution is 7.89. The van der Waals surface area contributed by atoms with E-state index in [0.29, 0.717) is 11.8 Å². The Labute approximate surface area is 128 Å². The molecule has 0 spiro atoms. The summed E-state index contributed by atoms with van der Waals surface area (Å²) in [6.07, 6.45) is 6.01. The van der Waals surface area contributed by atoms with Crippen LogP contribution in [0.15, 0.2) is 35.9 Å². The molecule has 0 radical (unpaired) electrons. The van der Waals surface area contributed by atoms with Crippen LogP contribution in [0.4, 0.5) is 5.69 Å². The maximum absolute atomic E-state index is 11.5. The Kier molecular flexibility index (Phi) is 5.09. The molecule has 1 aromatic rings. The van der Waals surface area contributed by atoms with Crippen LogP contribution in [0.2, 0.25) is 0 Å². The Morgan fingerprint density at radius 2 is 2.00 bits per heavy atom. The van der Waals surface area contributed by atoms with Gasteiger partial charge in [-0.15, -0.1) is 0 Å². The van der Waals surface area contributed by atoms with Gasteiger partial charge in [-0.2, -0.15) is 0 Å². The molecule has 0 amide bonds. The zero-order valence-electron chi connectivity index (χ0n) is 13.1. The zero-order valence-corrected chi connectivity index (χ0v) is 13.9. The number of hydrogen-bond donors (Lipinski definition) is 1. The number of hydrogen-bond acceptors (Lipinski definition) is 3. The third-order valence-electron chi connectivity index (χ3n) is 4.31. The normalized spacial score (nSPS) is 22.7. The molecule has 1 aromatic carbocycles. The monoisotopic (exact) mass is 307 g/mol. The van der Waals surface area contributed by atoms with Gasteiger partial charge in [0.15, 0.2) is 9.84 Å². The highest BCUT2D eigenvalue weighted by Gasteiger charge is 2.22. The van der Waals surface area contributed by atoms with E-state index in [0.717, 1.165) is 17.8 Å². The number of nitrogens with one attached hydrogen (secondary N) is 1. The lowest BCUT2D eigenvalue weighted by Crippen LogP contribution is -2.25. The number of sulfone groups is 1. The molecule has 1 aliphatic carbocycles. The summed E-state index contributed by atoms with van der Waals surface area (Å²) in [6.45, 7) is 5.36. The van der Waals surface area contributed by atoms with E-state index in [1.54, 1.807) is 0 Å². The van der Waals surface area contributed by atoms with Gasteiger partial charge in [-0.3, -0.25) is 0 Å². The molecule has 0 heterocycles. The van der Waals surface area contributed by atoms with Gasteiger partial charge in [-0.25, -0.2) is 8.42 Å². The fraction of sp³-hybridized carbons (Fsp3) is 0.529. The average molecular weight is 307 g/mol. The number of anilines is 1. The molecule has 2 rings (SSSR count). The summed E-state index contributed by atoms with van der Waals surface area (Å²) in [5, 5.41) is 3.46. The first-order chi connectivity index (χ1) is 9.87. The van der Waals surface area contributed by atoms with Gasteiger partial charge >= 0.3 is 0 Å². The molecule has 0 saturated carbocycles. The Hall–Kier alpha value is -1.29. The zero-order chi connectivity index (χ0) is 15.5. The van der Waals surface area contributed by atoms with Gasteiger partial charge in [0.1, 0.15) is 0 Å². The second-order valence-electron chi connectivity index (χ2n) is 6.22. The van der Waals surface area contributed by atoms with Crippen LogP contribution in [-0.2, 0) is 15.6 Å². The summed E-state index contributed by atoms with van der Waals surface area (Å²) >= 11 is 0. The lowest BCUT2D eigenvalue weighted by molar-refractivity contribution is 0.381. The summed E-state index contributed by atoms with van der Waals surface area (Å²) in [5.74, 6) is 1.29. The van der Waals surface area contributed by atoms with Crippen LogP contribution in [0.1, 0.15) is 32.3 Å². The summed E-state index contributed by atoms with van der Waals surface area (Å²) in [4.78, 5) is 0. The van der Waals surface area contributed by atoms with E-state index in [-0.39, 0.29) is 5.75 Å². The minimum absolute atomic E-state index is 0.0885. The standard InChI is InChI=1S/C17H25NO2S/c1-13-7-6-8-14(2)16(13)11-18-17-10-5-4-9-15(17)12-21(3,19)20/h4-5,7,9-10,14,16,18H,6,8,11-12H2,1-3H3/t14-,16-/m1/s1. The van der Waals surface area contributed by atoms with Crippen LogP contribution in [0, 0.1) is 11.8 Å². The highest BCUT2D eigenvalue weighted by Crippen LogP contribution is 2.30. The molecule has 1 aliphatic rings. The quantitative estimate of drug-likeness (QED) is 0.845. The van der Waals surface area contributed by atoms with Gasteiger partial charge in [0.2, 0.25) is 0 Å². The topological polar surface area (TPSA) is 46.2 Å². The molecule has 0 saturated heterocycles. The number of benzene rings is 1. The first kappa shape index (κ1) is 16.1. The average Bonchev–Trinajstić information content (AvgIpc) is 2.38. The lowest BCUT2D eigenvalue weighted by atomic mass is 9.80. The molecule has 0 fully saturated rings. The predicted octanol–water partition coefficient (Wildman–Crippen LogP) is 3.64. The molecule has 0 unspecified atom stereocenters. The summed E-state index contributed by atoms with van der Waals surface area (Å²) < 4.78 is 23.1. The van der Waals surface area contributed by atoms with E-state index >= 15 is 0 Å². The number of para-hydroxylation sites is 1. The van der Waals surface area contributed by atoms with Crippen LogP contribution in [0.5, 0.6) is 0 Å². The van der Waals surface area contributed by atoms with Crippen molar-refractivity contribution in [3.05, 3.63) is 41.5 Å². The lowest BCUT2D eigenvalue weighted by Gasteiger charge is -2.29. The SMILES string of the molecule is CC1=CCC[C@@H](C)[C@@H]1CNc1ccccc1CS(C)(=O)=O. The van der Waals surface area contributed by atoms with Gasteiger partial charge in [0.25, 0.3) is 0 Å². The second kappa shape index (κ2) is 6.65. The molecule has 4 heteroatoms. The van der Waals surface area contributed by atoms with Crippen molar-refractivity contribution in [1.82, 2.24) is 0 Å². The van der Waals surface area contributed by atoms with Crippen molar-refractivity contribution < 1.29 is 8.42 Å². The van der Waals surface area contributed by atoms with Gasteiger partial charge in [-0.05, 0) is 43.2 Å². The van der Waals surface area contributed by atoms with Crippen LogP contribution < -0.4 is 5.32 Å². The Morgan fingerprint density at radius 1 is 1.29 bits per heavy atom. The highest BCUT2D eigenvalue weighted by atomic mass is 32.2. The van der Waals surface area contributed by atoms with Gasteiger partial charge in [0, 0.05) is 18.5 Å².